The number of rotatable bonds is 3. The average Bonchev–Trinajstić information content (AvgIpc) is 2.83. The first-order chi connectivity index (χ1) is 10.1. The number of hydrogen-bond donors (Lipinski definition) is 1. The highest BCUT2D eigenvalue weighted by Gasteiger charge is 2.44. The molecule has 0 aliphatic carbocycles. The summed E-state index contributed by atoms with van der Waals surface area (Å²) in [6, 6.07) is 6.35. The van der Waals surface area contributed by atoms with E-state index >= 15 is 0 Å². The third-order valence-corrected chi connectivity index (χ3v) is 4.29. The van der Waals surface area contributed by atoms with Crippen LogP contribution in [0.2, 0.25) is 0 Å². The second-order valence-electron chi connectivity index (χ2n) is 5.45. The highest BCUT2D eigenvalue weighted by molar-refractivity contribution is 6.00. The van der Waals surface area contributed by atoms with E-state index in [1.807, 2.05) is 0 Å². The average molecular weight is 291 g/mol. The molecule has 3 rings (SSSR count). The maximum absolute atomic E-state index is 13.1. The smallest absolute Gasteiger partial charge is 0.335 e. The summed E-state index contributed by atoms with van der Waals surface area (Å²) in [5.74, 6) is -0.639. The summed E-state index contributed by atoms with van der Waals surface area (Å²) in [4.78, 5) is 12.2. The Labute approximate surface area is 122 Å². The summed E-state index contributed by atoms with van der Waals surface area (Å²) < 4.78 is 23.5. The first-order valence-corrected chi connectivity index (χ1v) is 7.00. The van der Waals surface area contributed by atoms with Crippen molar-refractivity contribution in [2.24, 2.45) is 0 Å². The number of halogens is 1. The number of hydrogen-bond acceptors (Lipinski definition) is 4. The topological polar surface area (TPSA) is 47.6 Å². The number of nitrogens with one attached hydrogen (secondary N) is 1. The molecule has 1 saturated heterocycles. The summed E-state index contributed by atoms with van der Waals surface area (Å²) in [7, 11) is 3.03. The molecule has 4 nitrogen and oxygen atoms in total. The van der Waals surface area contributed by atoms with E-state index in [2.05, 4.69) is 5.32 Å². The number of carbonyl (C=O) groups is 1. The van der Waals surface area contributed by atoms with E-state index < -0.39 is 0 Å². The predicted molar refractivity (Wildman–Crippen MR) is 76.1 cm³/mol. The van der Waals surface area contributed by atoms with Crippen LogP contribution in [0.1, 0.15) is 18.4 Å². The van der Waals surface area contributed by atoms with Crippen molar-refractivity contribution in [2.75, 3.05) is 14.2 Å². The lowest BCUT2D eigenvalue weighted by molar-refractivity contribution is -0.136. The van der Waals surface area contributed by atoms with Gasteiger partial charge in [0.1, 0.15) is 5.82 Å². The summed E-state index contributed by atoms with van der Waals surface area (Å²) >= 11 is 0. The van der Waals surface area contributed by atoms with E-state index in [0.29, 0.717) is 12.0 Å². The van der Waals surface area contributed by atoms with E-state index in [1.165, 1.54) is 19.2 Å². The molecule has 1 N–H and O–H groups in total. The van der Waals surface area contributed by atoms with Crippen LogP contribution in [0.3, 0.4) is 0 Å². The number of ether oxygens (including phenoxy) is 2. The summed E-state index contributed by atoms with van der Waals surface area (Å²) in [5, 5.41) is 3.41. The van der Waals surface area contributed by atoms with Gasteiger partial charge in [-0.2, -0.15) is 0 Å². The van der Waals surface area contributed by atoms with E-state index in [4.69, 9.17) is 9.47 Å². The first kappa shape index (κ1) is 14.2. The maximum atomic E-state index is 13.1. The summed E-state index contributed by atoms with van der Waals surface area (Å²) in [6.07, 6.45) is 1.53. The molecule has 2 bridgehead atoms. The van der Waals surface area contributed by atoms with E-state index in [-0.39, 0.29) is 30.0 Å². The molecule has 21 heavy (non-hydrogen) atoms. The molecule has 3 atom stereocenters. The van der Waals surface area contributed by atoms with E-state index in [1.54, 1.807) is 19.2 Å². The van der Waals surface area contributed by atoms with Gasteiger partial charge in [-0.25, -0.2) is 9.18 Å². The Morgan fingerprint density at radius 3 is 2.62 bits per heavy atom. The van der Waals surface area contributed by atoms with Gasteiger partial charge in [0.15, 0.2) is 0 Å². The zero-order valence-electron chi connectivity index (χ0n) is 12.1. The number of fused-ring (bicyclic) bond motifs is 2. The molecule has 3 unspecified atom stereocenters. The van der Waals surface area contributed by atoms with Gasteiger partial charge in [-0.15, -0.1) is 0 Å². The van der Waals surface area contributed by atoms with Crippen LogP contribution >= 0.6 is 0 Å². The largest absolute Gasteiger partial charge is 0.466 e. The fourth-order valence-corrected chi connectivity index (χ4v) is 3.32. The van der Waals surface area contributed by atoms with Crippen molar-refractivity contribution in [3.63, 3.8) is 0 Å². The van der Waals surface area contributed by atoms with E-state index in [0.717, 1.165) is 17.6 Å². The Kier molecular flexibility index (Phi) is 3.78. The monoisotopic (exact) mass is 291 g/mol. The molecule has 1 aromatic rings. The molecule has 5 heteroatoms. The van der Waals surface area contributed by atoms with Crippen LogP contribution < -0.4 is 5.32 Å². The van der Waals surface area contributed by atoms with Crippen LogP contribution in [0.4, 0.5) is 4.39 Å². The molecule has 0 saturated carbocycles. The fraction of sp³-hybridized carbons (Fsp3) is 0.438. The zero-order chi connectivity index (χ0) is 15.0. The highest BCUT2D eigenvalue weighted by atomic mass is 19.1. The van der Waals surface area contributed by atoms with Crippen molar-refractivity contribution in [1.29, 1.82) is 0 Å². The van der Waals surface area contributed by atoms with Gasteiger partial charge in [0.2, 0.25) is 0 Å². The molecule has 0 amide bonds. The Balaban J connectivity index is 2.08. The molecular weight excluding hydrogens is 273 g/mol. The standard InChI is InChI=1S/C16H18FNO3/c1-20-13-8-11-7-12(9-3-5-10(17)6-4-9)14(15(13)18-11)16(19)21-2/h3-6,11,13,15,18H,7-8H2,1-2H3. The molecule has 2 aliphatic rings. The van der Waals surface area contributed by atoms with Crippen molar-refractivity contribution in [2.45, 2.75) is 31.0 Å². The molecule has 0 aromatic heterocycles. The number of esters is 1. The number of methoxy groups -OCH3 is 2. The summed E-state index contributed by atoms with van der Waals surface area (Å²) in [6.45, 7) is 0. The van der Waals surface area contributed by atoms with Gasteiger partial charge in [0.25, 0.3) is 0 Å². The van der Waals surface area contributed by atoms with Crippen LogP contribution in [0.15, 0.2) is 29.8 Å². The van der Waals surface area contributed by atoms with Crippen LogP contribution in [-0.2, 0) is 14.3 Å². The molecule has 2 heterocycles. The minimum absolute atomic E-state index is 0.0398. The lowest BCUT2D eigenvalue weighted by atomic mass is 9.89. The molecule has 0 spiro atoms. The van der Waals surface area contributed by atoms with Crippen molar-refractivity contribution in [3.8, 4) is 0 Å². The molecular formula is C16H18FNO3. The van der Waals surface area contributed by atoms with Crippen LogP contribution in [0, 0.1) is 5.82 Å². The van der Waals surface area contributed by atoms with Crippen molar-refractivity contribution < 1.29 is 18.7 Å². The molecule has 1 fully saturated rings. The second kappa shape index (κ2) is 5.58. The van der Waals surface area contributed by atoms with Gasteiger partial charge >= 0.3 is 5.97 Å². The van der Waals surface area contributed by atoms with Crippen LogP contribution in [0.25, 0.3) is 5.57 Å². The third-order valence-electron chi connectivity index (χ3n) is 4.29. The van der Waals surface area contributed by atoms with Gasteiger partial charge < -0.3 is 14.8 Å². The lowest BCUT2D eigenvalue weighted by Crippen LogP contribution is -2.42. The van der Waals surface area contributed by atoms with E-state index in [9.17, 15) is 9.18 Å². The SMILES string of the molecule is COC(=O)C1=C(c2ccc(F)cc2)CC2CC(OC)C1N2. The molecule has 112 valence electrons. The number of benzene rings is 1. The normalized spacial score (nSPS) is 27.9. The maximum Gasteiger partial charge on any atom is 0.335 e. The number of carbonyl (C=O) groups excluding carboxylic acids is 1. The molecule has 1 aromatic carbocycles. The first-order valence-electron chi connectivity index (χ1n) is 7.00. The van der Waals surface area contributed by atoms with Crippen molar-refractivity contribution >= 4 is 11.5 Å². The van der Waals surface area contributed by atoms with Crippen molar-refractivity contribution in [1.82, 2.24) is 5.32 Å². The van der Waals surface area contributed by atoms with Gasteiger partial charge in [-0.1, -0.05) is 12.1 Å². The highest BCUT2D eigenvalue weighted by Crippen LogP contribution is 2.38. The summed E-state index contributed by atoms with van der Waals surface area (Å²) in [5.41, 5.74) is 2.39. The lowest BCUT2D eigenvalue weighted by Gasteiger charge is -2.28. The van der Waals surface area contributed by atoms with Crippen LogP contribution in [-0.4, -0.2) is 38.4 Å². The third kappa shape index (κ3) is 2.47. The molecule has 2 aliphatic heterocycles. The van der Waals surface area contributed by atoms with Gasteiger partial charge in [-0.05, 0) is 36.1 Å². The Morgan fingerprint density at radius 1 is 1.29 bits per heavy atom. The molecule has 0 radical (unpaired) electrons. The Hall–Kier alpha value is -1.72. The Bertz CT molecular complexity index is 582. The van der Waals surface area contributed by atoms with Gasteiger partial charge in [-0.3, -0.25) is 0 Å². The fourth-order valence-electron chi connectivity index (χ4n) is 3.32. The van der Waals surface area contributed by atoms with Gasteiger partial charge in [0, 0.05) is 13.2 Å². The van der Waals surface area contributed by atoms with Crippen molar-refractivity contribution in [3.05, 3.63) is 41.2 Å². The quantitative estimate of drug-likeness (QED) is 0.864. The minimum Gasteiger partial charge on any atom is -0.466 e. The predicted octanol–water partition coefficient (Wildman–Crippen LogP) is 1.90. The van der Waals surface area contributed by atoms with Crippen LogP contribution in [0.5, 0.6) is 0 Å². The second-order valence-corrected chi connectivity index (χ2v) is 5.45. The van der Waals surface area contributed by atoms with Gasteiger partial charge in [0.05, 0.1) is 24.8 Å². The Morgan fingerprint density at radius 2 is 2.00 bits per heavy atom. The zero-order valence-corrected chi connectivity index (χ0v) is 12.1. The minimum atomic E-state index is -0.353.